The van der Waals surface area contributed by atoms with Crippen LogP contribution in [0.1, 0.15) is 101 Å². The van der Waals surface area contributed by atoms with E-state index in [4.69, 9.17) is 9.47 Å². The van der Waals surface area contributed by atoms with Gasteiger partial charge in [0.05, 0.1) is 19.3 Å². The molecule has 0 amide bonds. The molecule has 0 bridgehead atoms. The molecule has 1 aromatic carbocycles. The second kappa shape index (κ2) is 15.7. The lowest BCUT2D eigenvalue weighted by molar-refractivity contribution is 0.0497. The molecule has 0 spiro atoms. The van der Waals surface area contributed by atoms with E-state index in [0.29, 0.717) is 17.9 Å². The van der Waals surface area contributed by atoms with Gasteiger partial charge in [0.1, 0.15) is 5.75 Å². The number of hydrogen-bond acceptors (Lipinski definition) is 3. The van der Waals surface area contributed by atoms with E-state index in [0.717, 1.165) is 12.8 Å². The van der Waals surface area contributed by atoms with Crippen molar-refractivity contribution in [3.63, 3.8) is 0 Å². The summed E-state index contributed by atoms with van der Waals surface area (Å²) in [4.78, 5) is 12.0. The van der Waals surface area contributed by atoms with Crippen LogP contribution in [0.3, 0.4) is 0 Å². The molecule has 0 aromatic heterocycles. The van der Waals surface area contributed by atoms with Gasteiger partial charge in [-0.25, -0.2) is 4.79 Å². The lowest BCUT2D eigenvalue weighted by atomic mass is 10.0. The van der Waals surface area contributed by atoms with Crippen LogP contribution in [0, 0.1) is 0 Å². The second-order valence-corrected chi connectivity index (χ2v) is 7.11. The molecule has 0 fully saturated rings. The number of unbranched alkanes of at least 4 members (excludes halogenated alkanes) is 12. The van der Waals surface area contributed by atoms with Crippen LogP contribution < -0.4 is 4.74 Å². The normalized spacial score (nSPS) is 10.7. The van der Waals surface area contributed by atoms with Crippen LogP contribution in [0.5, 0.6) is 5.75 Å². The van der Waals surface area contributed by atoms with E-state index in [2.05, 4.69) is 6.92 Å². The van der Waals surface area contributed by atoms with Crippen LogP contribution in [0.25, 0.3) is 0 Å². The first-order valence-electron chi connectivity index (χ1n) is 10.6. The molecule has 0 heterocycles. The quantitative estimate of drug-likeness (QED) is 0.236. The van der Waals surface area contributed by atoms with Crippen LogP contribution in [0.15, 0.2) is 24.3 Å². The number of ether oxygens (including phenoxy) is 2. The predicted octanol–water partition coefficient (Wildman–Crippen LogP) is 6.94. The molecule has 148 valence electrons. The van der Waals surface area contributed by atoms with E-state index < -0.39 is 0 Å². The maximum absolute atomic E-state index is 12.0. The highest BCUT2D eigenvalue weighted by Gasteiger charge is 2.07. The first-order valence-corrected chi connectivity index (χ1v) is 10.6. The van der Waals surface area contributed by atoms with Gasteiger partial charge in [-0.15, -0.1) is 0 Å². The van der Waals surface area contributed by atoms with Gasteiger partial charge in [0.2, 0.25) is 0 Å². The molecule has 0 atom stereocenters. The van der Waals surface area contributed by atoms with Gasteiger partial charge in [-0.1, -0.05) is 90.0 Å². The van der Waals surface area contributed by atoms with Gasteiger partial charge in [-0.3, -0.25) is 0 Å². The third kappa shape index (κ3) is 11.2. The maximum Gasteiger partial charge on any atom is 0.338 e. The van der Waals surface area contributed by atoms with Crippen molar-refractivity contribution in [2.45, 2.75) is 90.4 Å². The largest absolute Gasteiger partial charge is 0.497 e. The molecule has 0 aliphatic rings. The van der Waals surface area contributed by atoms with Crippen molar-refractivity contribution in [3.05, 3.63) is 29.8 Å². The first-order chi connectivity index (χ1) is 12.8. The minimum absolute atomic E-state index is 0.261. The summed E-state index contributed by atoms with van der Waals surface area (Å²) < 4.78 is 10.5. The predicted molar refractivity (Wildman–Crippen MR) is 109 cm³/mol. The molecule has 3 heteroatoms. The van der Waals surface area contributed by atoms with Gasteiger partial charge in [-0.2, -0.15) is 0 Å². The fourth-order valence-electron chi connectivity index (χ4n) is 3.12. The minimum atomic E-state index is -0.261. The highest BCUT2D eigenvalue weighted by atomic mass is 16.5. The number of rotatable bonds is 16. The Morgan fingerprint density at radius 3 is 1.88 bits per heavy atom. The molecular formula is C23H38O3. The van der Waals surface area contributed by atoms with Gasteiger partial charge in [0.15, 0.2) is 0 Å². The molecule has 3 nitrogen and oxygen atoms in total. The molecule has 0 radical (unpaired) electrons. The van der Waals surface area contributed by atoms with Crippen molar-refractivity contribution in [2.75, 3.05) is 13.7 Å². The molecular weight excluding hydrogens is 324 g/mol. The summed E-state index contributed by atoms with van der Waals surface area (Å²) in [6.45, 7) is 2.78. The lowest BCUT2D eigenvalue weighted by Gasteiger charge is -2.06. The Hall–Kier alpha value is -1.51. The molecule has 1 rings (SSSR count). The standard InChI is InChI=1S/C23H38O3/c1-3-4-5-6-7-8-9-10-11-12-13-14-15-19-26-23(24)21-17-16-18-22(20-21)25-2/h16-18,20H,3-15,19H2,1-2H3. The van der Waals surface area contributed by atoms with E-state index in [1.807, 2.05) is 6.07 Å². The van der Waals surface area contributed by atoms with Gasteiger partial charge in [-0.05, 0) is 24.6 Å². The number of carbonyl (C=O) groups excluding carboxylic acids is 1. The average Bonchev–Trinajstić information content (AvgIpc) is 2.68. The van der Waals surface area contributed by atoms with Crippen molar-refractivity contribution in [2.24, 2.45) is 0 Å². The van der Waals surface area contributed by atoms with Crippen LogP contribution in [0.4, 0.5) is 0 Å². The zero-order valence-electron chi connectivity index (χ0n) is 16.9. The fourth-order valence-corrected chi connectivity index (χ4v) is 3.12. The summed E-state index contributed by atoms with van der Waals surface area (Å²) in [5, 5.41) is 0. The lowest BCUT2D eigenvalue weighted by Crippen LogP contribution is -2.06. The molecule has 0 N–H and O–H groups in total. The molecule has 0 aliphatic heterocycles. The molecule has 0 saturated heterocycles. The van der Waals surface area contributed by atoms with Gasteiger partial charge < -0.3 is 9.47 Å². The van der Waals surface area contributed by atoms with Crippen LogP contribution >= 0.6 is 0 Å². The Morgan fingerprint density at radius 1 is 0.808 bits per heavy atom. The maximum atomic E-state index is 12.0. The Morgan fingerprint density at radius 2 is 1.35 bits per heavy atom. The monoisotopic (exact) mass is 362 g/mol. The Balaban J connectivity index is 1.89. The average molecular weight is 363 g/mol. The van der Waals surface area contributed by atoms with E-state index in [1.54, 1.807) is 25.3 Å². The zero-order valence-corrected chi connectivity index (χ0v) is 16.9. The summed E-state index contributed by atoms with van der Waals surface area (Å²) in [5.74, 6) is 0.420. The number of carbonyl (C=O) groups is 1. The second-order valence-electron chi connectivity index (χ2n) is 7.11. The van der Waals surface area contributed by atoms with Crippen LogP contribution in [-0.2, 0) is 4.74 Å². The summed E-state index contributed by atoms with van der Waals surface area (Å²) in [5.41, 5.74) is 0.555. The van der Waals surface area contributed by atoms with Crippen molar-refractivity contribution >= 4 is 5.97 Å². The number of hydrogen-bond donors (Lipinski definition) is 0. The first kappa shape index (κ1) is 22.5. The number of methoxy groups -OCH3 is 1. The number of esters is 1. The Bertz CT molecular complexity index is 470. The van der Waals surface area contributed by atoms with Gasteiger partial charge in [0.25, 0.3) is 0 Å². The molecule has 0 saturated carbocycles. The number of benzene rings is 1. The molecule has 26 heavy (non-hydrogen) atoms. The van der Waals surface area contributed by atoms with Gasteiger partial charge >= 0.3 is 5.97 Å². The van der Waals surface area contributed by atoms with Crippen LogP contribution in [0.2, 0.25) is 0 Å². The third-order valence-electron chi connectivity index (χ3n) is 4.79. The van der Waals surface area contributed by atoms with Crippen molar-refractivity contribution in [1.82, 2.24) is 0 Å². The molecule has 0 aliphatic carbocycles. The SMILES string of the molecule is CCCCCCCCCCCCCCCOC(=O)c1cccc(OC)c1. The topological polar surface area (TPSA) is 35.5 Å². The highest BCUT2D eigenvalue weighted by molar-refractivity contribution is 5.89. The summed E-state index contributed by atoms with van der Waals surface area (Å²) in [6, 6.07) is 7.10. The van der Waals surface area contributed by atoms with Gasteiger partial charge in [0, 0.05) is 0 Å². The van der Waals surface area contributed by atoms with Crippen molar-refractivity contribution < 1.29 is 14.3 Å². The van der Waals surface area contributed by atoms with E-state index in [-0.39, 0.29) is 5.97 Å². The molecule has 0 unspecified atom stereocenters. The smallest absolute Gasteiger partial charge is 0.338 e. The summed E-state index contributed by atoms with van der Waals surface area (Å²) in [6.07, 6.45) is 17.1. The summed E-state index contributed by atoms with van der Waals surface area (Å²) in [7, 11) is 1.60. The fraction of sp³-hybridized carbons (Fsp3) is 0.696. The highest BCUT2D eigenvalue weighted by Crippen LogP contribution is 2.14. The minimum Gasteiger partial charge on any atom is -0.497 e. The van der Waals surface area contributed by atoms with E-state index in [9.17, 15) is 4.79 Å². The van der Waals surface area contributed by atoms with Crippen molar-refractivity contribution in [3.8, 4) is 5.75 Å². The van der Waals surface area contributed by atoms with E-state index in [1.165, 1.54) is 70.6 Å². The summed E-state index contributed by atoms with van der Waals surface area (Å²) >= 11 is 0. The third-order valence-corrected chi connectivity index (χ3v) is 4.79. The van der Waals surface area contributed by atoms with Crippen molar-refractivity contribution in [1.29, 1.82) is 0 Å². The van der Waals surface area contributed by atoms with E-state index >= 15 is 0 Å². The van der Waals surface area contributed by atoms with Crippen LogP contribution in [-0.4, -0.2) is 19.7 Å². The molecule has 1 aromatic rings. The zero-order chi connectivity index (χ0) is 18.9. The Kier molecular flexibility index (Phi) is 13.6. The Labute approximate surface area is 160 Å².